The van der Waals surface area contributed by atoms with Crippen LogP contribution in [-0.4, -0.2) is 30.1 Å². The molecule has 0 aromatic rings. The topological polar surface area (TPSA) is 18.5 Å². The maximum atomic E-state index is 5.55. The van der Waals surface area contributed by atoms with Gasteiger partial charge in [0.2, 0.25) is 0 Å². The van der Waals surface area contributed by atoms with Crippen molar-refractivity contribution in [2.45, 2.75) is 38.7 Å². The van der Waals surface area contributed by atoms with Gasteiger partial charge in [-0.3, -0.25) is 0 Å². The lowest BCUT2D eigenvalue weighted by atomic mass is 10.2. The van der Waals surface area contributed by atoms with Gasteiger partial charge in [0.25, 0.3) is 0 Å². The van der Waals surface area contributed by atoms with Gasteiger partial charge in [-0.1, -0.05) is 13.3 Å². The van der Waals surface area contributed by atoms with Gasteiger partial charge in [0.05, 0.1) is 0 Å². The highest BCUT2D eigenvalue weighted by Crippen LogP contribution is 1.96. The highest BCUT2D eigenvalue weighted by Gasteiger charge is 1.90. The minimum atomic E-state index is -0.159. The Hall–Kier alpha value is 0.137. The highest BCUT2D eigenvalue weighted by atomic mass is 28.2. The summed E-state index contributed by atoms with van der Waals surface area (Å²) < 4.78 is 10.5. The SMILES string of the molecule is CCC[SiH2]OCCCCCOC. The van der Waals surface area contributed by atoms with Crippen LogP contribution in [0.25, 0.3) is 0 Å². The molecule has 0 unspecified atom stereocenters. The van der Waals surface area contributed by atoms with Crippen molar-refractivity contribution in [3.8, 4) is 0 Å². The van der Waals surface area contributed by atoms with Crippen LogP contribution >= 0.6 is 0 Å². The molecule has 0 aromatic carbocycles. The average molecular weight is 190 g/mol. The molecule has 0 aliphatic rings. The van der Waals surface area contributed by atoms with Gasteiger partial charge in [-0.15, -0.1) is 0 Å². The van der Waals surface area contributed by atoms with Crippen molar-refractivity contribution in [2.24, 2.45) is 0 Å². The lowest BCUT2D eigenvalue weighted by Crippen LogP contribution is -2.00. The quantitative estimate of drug-likeness (QED) is 0.407. The molecule has 74 valence electrons. The molecule has 12 heavy (non-hydrogen) atoms. The number of ether oxygens (including phenoxy) is 1. The van der Waals surface area contributed by atoms with Crippen molar-refractivity contribution >= 4 is 9.76 Å². The molecule has 0 atom stereocenters. The Morgan fingerprint density at radius 1 is 1.08 bits per heavy atom. The third-order valence-corrected chi connectivity index (χ3v) is 3.35. The Kier molecular flexibility index (Phi) is 11.3. The zero-order valence-electron chi connectivity index (χ0n) is 8.47. The second-order valence-electron chi connectivity index (χ2n) is 3.02. The Labute approximate surface area is 78.6 Å². The summed E-state index contributed by atoms with van der Waals surface area (Å²) in [7, 11) is 1.60. The van der Waals surface area contributed by atoms with Crippen LogP contribution < -0.4 is 0 Å². The Morgan fingerprint density at radius 2 is 1.83 bits per heavy atom. The number of unbranched alkanes of at least 4 members (excludes halogenated alkanes) is 2. The standard InChI is InChI=1S/C9H22O2Si/c1-3-9-12-11-8-6-4-5-7-10-2/h3-9,12H2,1-2H3. The summed E-state index contributed by atoms with van der Waals surface area (Å²) in [5, 5.41) is 0. The second-order valence-corrected chi connectivity index (χ2v) is 4.54. The van der Waals surface area contributed by atoms with Crippen LogP contribution in [0.3, 0.4) is 0 Å². The summed E-state index contributed by atoms with van der Waals surface area (Å²) >= 11 is 0. The Morgan fingerprint density at radius 3 is 2.50 bits per heavy atom. The van der Waals surface area contributed by atoms with Crippen molar-refractivity contribution in [2.75, 3.05) is 20.3 Å². The third kappa shape index (κ3) is 10.1. The number of rotatable bonds is 9. The lowest BCUT2D eigenvalue weighted by molar-refractivity contribution is 0.189. The first-order valence-electron chi connectivity index (χ1n) is 4.98. The lowest BCUT2D eigenvalue weighted by Gasteiger charge is -2.02. The second kappa shape index (κ2) is 11.1. The third-order valence-electron chi connectivity index (χ3n) is 1.78. The van der Waals surface area contributed by atoms with Crippen LogP contribution in [0.1, 0.15) is 32.6 Å². The van der Waals surface area contributed by atoms with Crippen LogP contribution in [0.4, 0.5) is 0 Å². The molecule has 0 spiro atoms. The van der Waals surface area contributed by atoms with Crippen LogP contribution in [-0.2, 0) is 9.16 Å². The normalized spacial score (nSPS) is 11.5. The summed E-state index contributed by atoms with van der Waals surface area (Å²) in [6.45, 7) is 4.09. The molecule has 0 rings (SSSR count). The van der Waals surface area contributed by atoms with Crippen molar-refractivity contribution in [3.63, 3.8) is 0 Å². The molecule has 0 aliphatic heterocycles. The van der Waals surface area contributed by atoms with E-state index >= 15 is 0 Å². The first-order valence-corrected chi connectivity index (χ1v) is 6.56. The van der Waals surface area contributed by atoms with Crippen molar-refractivity contribution in [1.82, 2.24) is 0 Å². The molecule has 2 nitrogen and oxygen atoms in total. The molecule has 0 aromatic heterocycles. The van der Waals surface area contributed by atoms with E-state index in [1.807, 2.05) is 0 Å². The molecule has 0 aliphatic carbocycles. The van der Waals surface area contributed by atoms with E-state index in [2.05, 4.69) is 6.92 Å². The Balaban J connectivity index is 2.73. The predicted molar refractivity (Wildman–Crippen MR) is 55.3 cm³/mol. The zero-order valence-corrected chi connectivity index (χ0v) is 9.89. The molecule has 0 saturated heterocycles. The van der Waals surface area contributed by atoms with E-state index in [9.17, 15) is 0 Å². The molecule has 0 fully saturated rings. The van der Waals surface area contributed by atoms with Crippen molar-refractivity contribution < 1.29 is 9.16 Å². The molecular formula is C9H22O2Si. The van der Waals surface area contributed by atoms with Gasteiger partial charge in [-0.2, -0.15) is 0 Å². The number of methoxy groups -OCH3 is 1. The van der Waals surface area contributed by atoms with Gasteiger partial charge in [0, 0.05) is 20.3 Å². The average Bonchev–Trinajstić information content (AvgIpc) is 2.10. The number of hydrogen-bond acceptors (Lipinski definition) is 2. The monoisotopic (exact) mass is 190 g/mol. The smallest absolute Gasteiger partial charge is 0.161 e. The van der Waals surface area contributed by atoms with E-state index < -0.39 is 0 Å². The Bertz CT molecular complexity index is 68.9. The largest absolute Gasteiger partial charge is 0.424 e. The molecule has 0 saturated carbocycles. The van der Waals surface area contributed by atoms with Gasteiger partial charge in [-0.25, -0.2) is 0 Å². The van der Waals surface area contributed by atoms with Crippen molar-refractivity contribution in [3.05, 3.63) is 0 Å². The maximum Gasteiger partial charge on any atom is 0.161 e. The van der Waals surface area contributed by atoms with Crippen LogP contribution in [0.2, 0.25) is 6.04 Å². The summed E-state index contributed by atoms with van der Waals surface area (Å²) in [6.07, 6.45) is 4.92. The van der Waals surface area contributed by atoms with E-state index in [-0.39, 0.29) is 9.76 Å². The fourth-order valence-electron chi connectivity index (χ4n) is 0.976. The minimum Gasteiger partial charge on any atom is -0.424 e. The molecule has 0 radical (unpaired) electrons. The summed E-state index contributed by atoms with van der Waals surface area (Å²) in [4.78, 5) is 0. The fraction of sp³-hybridized carbons (Fsp3) is 1.00. The molecule has 0 amide bonds. The van der Waals surface area contributed by atoms with Gasteiger partial charge >= 0.3 is 0 Å². The van der Waals surface area contributed by atoms with Gasteiger partial charge < -0.3 is 9.16 Å². The highest BCUT2D eigenvalue weighted by molar-refractivity contribution is 6.26. The maximum absolute atomic E-state index is 5.55. The minimum absolute atomic E-state index is 0.159. The fourth-order valence-corrected chi connectivity index (χ4v) is 1.88. The van der Waals surface area contributed by atoms with Crippen LogP contribution in [0.5, 0.6) is 0 Å². The van der Waals surface area contributed by atoms with Crippen molar-refractivity contribution in [1.29, 1.82) is 0 Å². The predicted octanol–water partition coefficient (Wildman–Crippen LogP) is 1.73. The number of hydrogen-bond donors (Lipinski definition) is 0. The van der Waals surface area contributed by atoms with Crippen LogP contribution in [0.15, 0.2) is 0 Å². The van der Waals surface area contributed by atoms with E-state index in [1.54, 1.807) is 7.11 Å². The summed E-state index contributed by atoms with van der Waals surface area (Å²) in [5.74, 6) is 0. The molecular weight excluding hydrogens is 168 g/mol. The van der Waals surface area contributed by atoms with Gasteiger partial charge in [0.1, 0.15) is 0 Å². The van der Waals surface area contributed by atoms with E-state index in [0.29, 0.717) is 0 Å². The molecule has 3 heteroatoms. The van der Waals surface area contributed by atoms with E-state index in [1.165, 1.54) is 31.7 Å². The zero-order chi connectivity index (χ0) is 9.07. The molecule has 0 N–H and O–H groups in total. The molecule has 0 heterocycles. The summed E-state index contributed by atoms with van der Waals surface area (Å²) in [5.41, 5.74) is 0. The summed E-state index contributed by atoms with van der Waals surface area (Å²) in [6, 6.07) is 1.33. The van der Waals surface area contributed by atoms with E-state index in [0.717, 1.165) is 13.2 Å². The van der Waals surface area contributed by atoms with Crippen LogP contribution in [0, 0.1) is 0 Å². The first kappa shape index (κ1) is 12.1. The van der Waals surface area contributed by atoms with Gasteiger partial charge in [0.15, 0.2) is 9.76 Å². The molecule has 0 bridgehead atoms. The first-order chi connectivity index (χ1) is 5.91. The van der Waals surface area contributed by atoms with E-state index in [4.69, 9.17) is 9.16 Å². The van der Waals surface area contributed by atoms with Gasteiger partial charge in [-0.05, 0) is 25.3 Å².